The van der Waals surface area contributed by atoms with Gasteiger partial charge in [-0.2, -0.15) is 0 Å². The summed E-state index contributed by atoms with van der Waals surface area (Å²) in [5.74, 6) is 0.729. The molecule has 0 N–H and O–H groups in total. The minimum absolute atomic E-state index is 0.385. The topological polar surface area (TPSA) is 9.23 Å². The molecule has 0 aliphatic carbocycles. The van der Waals surface area contributed by atoms with Gasteiger partial charge < -0.3 is 4.74 Å². The Morgan fingerprint density at radius 1 is 1.55 bits per heavy atom. The second-order valence-electron chi connectivity index (χ2n) is 1.93. The van der Waals surface area contributed by atoms with Crippen LogP contribution in [0.25, 0.3) is 0 Å². The lowest BCUT2D eigenvalue weighted by Crippen LogP contribution is -1.85. The molecule has 0 spiro atoms. The molecule has 1 radical (unpaired) electrons. The first-order chi connectivity index (χ1) is 5.33. The summed E-state index contributed by atoms with van der Waals surface area (Å²) in [5.41, 5.74) is 0. The maximum Gasteiger partial charge on any atom is 0.189 e. The second kappa shape index (κ2) is 4.04. The van der Waals surface area contributed by atoms with Crippen molar-refractivity contribution >= 4 is 11.6 Å². The van der Waals surface area contributed by atoms with E-state index in [0.717, 1.165) is 5.75 Å². The first-order valence-corrected chi connectivity index (χ1v) is 3.66. The van der Waals surface area contributed by atoms with Crippen LogP contribution in [0.1, 0.15) is 6.92 Å². The van der Waals surface area contributed by atoms with Gasteiger partial charge in [0.05, 0.1) is 0 Å². The van der Waals surface area contributed by atoms with Gasteiger partial charge in [-0.1, -0.05) is 12.1 Å². The highest BCUT2D eigenvalue weighted by atomic mass is 35.5. The van der Waals surface area contributed by atoms with Crippen molar-refractivity contribution in [3.63, 3.8) is 0 Å². The maximum absolute atomic E-state index is 5.63. The fourth-order valence-electron chi connectivity index (χ4n) is 0.611. The fraction of sp³-hybridized carbons (Fsp3) is 0.111. The molecule has 1 nitrogen and oxygen atoms in total. The number of halogens is 1. The summed E-state index contributed by atoms with van der Waals surface area (Å²) in [6, 6.07) is 10.0. The third kappa shape index (κ3) is 2.64. The van der Waals surface area contributed by atoms with Gasteiger partial charge in [0.2, 0.25) is 0 Å². The van der Waals surface area contributed by atoms with Crippen molar-refractivity contribution in [3.05, 3.63) is 41.6 Å². The van der Waals surface area contributed by atoms with Crippen LogP contribution in [-0.4, -0.2) is 0 Å². The molecule has 0 heterocycles. The molecule has 0 aliphatic rings. The van der Waals surface area contributed by atoms with E-state index in [1.807, 2.05) is 6.92 Å². The molecule has 0 aliphatic heterocycles. The number of ether oxygens (including phenoxy) is 1. The van der Waals surface area contributed by atoms with Gasteiger partial charge in [-0.3, -0.25) is 0 Å². The van der Waals surface area contributed by atoms with E-state index in [-0.39, 0.29) is 0 Å². The molecule has 0 bridgehead atoms. The summed E-state index contributed by atoms with van der Waals surface area (Å²) in [5, 5.41) is 0.385. The van der Waals surface area contributed by atoms with Crippen molar-refractivity contribution in [2.24, 2.45) is 0 Å². The van der Waals surface area contributed by atoms with Crippen LogP contribution in [0.4, 0.5) is 0 Å². The average molecular weight is 168 g/mol. The van der Waals surface area contributed by atoms with E-state index < -0.39 is 0 Å². The number of rotatable bonds is 2. The van der Waals surface area contributed by atoms with E-state index in [1.165, 1.54) is 0 Å². The quantitative estimate of drug-likeness (QED) is 0.616. The Morgan fingerprint density at radius 3 is 2.73 bits per heavy atom. The van der Waals surface area contributed by atoms with E-state index in [2.05, 4.69) is 6.07 Å². The third-order valence-corrected chi connectivity index (χ3v) is 1.43. The Labute approximate surface area is 71.3 Å². The summed E-state index contributed by atoms with van der Waals surface area (Å²) in [6.07, 6.45) is 1.69. The van der Waals surface area contributed by atoms with Crippen molar-refractivity contribution in [2.75, 3.05) is 0 Å². The molecule has 2 heteroatoms. The molecule has 0 atom stereocenters. The lowest BCUT2D eigenvalue weighted by atomic mass is 10.3. The Kier molecular flexibility index (Phi) is 2.99. The zero-order valence-electron chi connectivity index (χ0n) is 6.17. The molecule has 0 saturated carbocycles. The molecule has 1 aromatic rings. The highest BCUT2D eigenvalue weighted by Crippen LogP contribution is 2.13. The number of benzene rings is 1. The zero-order chi connectivity index (χ0) is 8.10. The molecule has 0 unspecified atom stereocenters. The van der Waals surface area contributed by atoms with E-state index in [1.54, 1.807) is 30.3 Å². The Morgan fingerprint density at radius 2 is 2.18 bits per heavy atom. The standard InChI is InChI=1S/C9H8ClO/c1-2-9(10)11-8-6-4-3-5-7-8/h2,4-7H,1H3. The zero-order valence-corrected chi connectivity index (χ0v) is 6.93. The van der Waals surface area contributed by atoms with Crippen LogP contribution in [-0.2, 0) is 0 Å². The highest BCUT2D eigenvalue weighted by molar-refractivity contribution is 6.28. The molecule has 0 amide bonds. The smallest absolute Gasteiger partial charge is 0.189 e. The monoisotopic (exact) mass is 167 g/mol. The van der Waals surface area contributed by atoms with Gasteiger partial charge in [0.1, 0.15) is 5.75 Å². The van der Waals surface area contributed by atoms with Crippen LogP contribution in [0.5, 0.6) is 5.75 Å². The van der Waals surface area contributed by atoms with Gasteiger partial charge in [-0.05, 0) is 42.8 Å². The van der Waals surface area contributed by atoms with E-state index in [4.69, 9.17) is 16.3 Å². The van der Waals surface area contributed by atoms with Crippen LogP contribution in [0.15, 0.2) is 35.6 Å². The Balaban J connectivity index is 2.65. The molecule has 0 fully saturated rings. The normalized spacial score (nSPS) is 11.3. The molecular formula is C9H8ClO. The SMILES string of the molecule is CC=C(Cl)Oc1cc[c]cc1. The van der Waals surface area contributed by atoms with E-state index in [0.29, 0.717) is 5.22 Å². The number of allylic oxidation sites excluding steroid dienone is 1. The Hall–Kier alpha value is -0.950. The summed E-state index contributed by atoms with van der Waals surface area (Å²) < 4.78 is 5.17. The molecular weight excluding hydrogens is 160 g/mol. The molecule has 57 valence electrons. The predicted molar refractivity (Wildman–Crippen MR) is 45.5 cm³/mol. The van der Waals surface area contributed by atoms with Gasteiger partial charge >= 0.3 is 0 Å². The summed E-state index contributed by atoms with van der Waals surface area (Å²) in [4.78, 5) is 0. The lowest BCUT2D eigenvalue weighted by Gasteiger charge is -2.00. The highest BCUT2D eigenvalue weighted by Gasteiger charge is 1.92. The number of hydrogen-bond acceptors (Lipinski definition) is 1. The first kappa shape index (κ1) is 8.15. The van der Waals surface area contributed by atoms with Crippen molar-refractivity contribution in [3.8, 4) is 5.75 Å². The van der Waals surface area contributed by atoms with Crippen molar-refractivity contribution in [1.29, 1.82) is 0 Å². The second-order valence-corrected chi connectivity index (χ2v) is 2.30. The first-order valence-electron chi connectivity index (χ1n) is 3.28. The van der Waals surface area contributed by atoms with E-state index in [9.17, 15) is 0 Å². The average Bonchev–Trinajstić information content (AvgIpc) is 2.06. The maximum atomic E-state index is 5.63. The fourth-order valence-corrected chi connectivity index (χ4v) is 0.700. The number of hydrogen-bond donors (Lipinski definition) is 0. The Bertz CT molecular complexity index is 241. The van der Waals surface area contributed by atoms with Gasteiger partial charge in [0, 0.05) is 0 Å². The van der Waals surface area contributed by atoms with Crippen molar-refractivity contribution in [2.45, 2.75) is 6.92 Å². The predicted octanol–water partition coefficient (Wildman–Crippen LogP) is 2.97. The summed E-state index contributed by atoms with van der Waals surface area (Å²) in [7, 11) is 0. The molecule has 1 aromatic carbocycles. The summed E-state index contributed by atoms with van der Waals surface area (Å²) >= 11 is 5.63. The summed E-state index contributed by atoms with van der Waals surface area (Å²) in [6.45, 7) is 1.82. The van der Waals surface area contributed by atoms with Gasteiger partial charge in [-0.25, -0.2) is 0 Å². The van der Waals surface area contributed by atoms with Crippen LogP contribution < -0.4 is 4.74 Å². The van der Waals surface area contributed by atoms with Gasteiger partial charge in [0.25, 0.3) is 0 Å². The van der Waals surface area contributed by atoms with Crippen LogP contribution >= 0.6 is 11.6 Å². The van der Waals surface area contributed by atoms with Gasteiger partial charge in [-0.15, -0.1) is 0 Å². The van der Waals surface area contributed by atoms with Crippen molar-refractivity contribution in [1.82, 2.24) is 0 Å². The van der Waals surface area contributed by atoms with Crippen LogP contribution in [0.2, 0.25) is 0 Å². The molecule has 1 rings (SSSR count). The molecule has 0 aromatic heterocycles. The third-order valence-electron chi connectivity index (χ3n) is 1.13. The molecule has 0 saturated heterocycles. The van der Waals surface area contributed by atoms with E-state index >= 15 is 0 Å². The largest absolute Gasteiger partial charge is 0.446 e. The van der Waals surface area contributed by atoms with Crippen molar-refractivity contribution < 1.29 is 4.74 Å². The van der Waals surface area contributed by atoms with Crippen LogP contribution in [0.3, 0.4) is 0 Å². The molecule has 11 heavy (non-hydrogen) atoms. The minimum Gasteiger partial charge on any atom is -0.446 e. The van der Waals surface area contributed by atoms with Gasteiger partial charge in [0.15, 0.2) is 5.22 Å². The lowest BCUT2D eigenvalue weighted by molar-refractivity contribution is 0.461. The van der Waals surface area contributed by atoms with Crippen LogP contribution in [0, 0.1) is 6.07 Å². The minimum atomic E-state index is 0.385.